The number of rotatable bonds is 3. The second-order valence-corrected chi connectivity index (χ2v) is 2.02. The molecule has 0 radical (unpaired) electrons. The molecule has 0 atom stereocenters. The van der Waals surface area contributed by atoms with Gasteiger partial charge in [0.05, 0.1) is 6.61 Å². The van der Waals surface area contributed by atoms with Crippen molar-refractivity contribution in [1.82, 2.24) is 0 Å². The second-order valence-electron chi connectivity index (χ2n) is 1.11. The highest BCUT2D eigenvalue weighted by Gasteiger charge is 1.68. The second kappa shape index (κ2) is 6.05. The summed E-state index contributed by atoms with van der Waals surface area (Å²) in [7, 11) is 0. The van der Waals surface area contributed by atoms with Gasteiger partial charge in [0.2, 0.25) is 0 Å². The molecule has 0 aromatic heterocycles. The van der Waals surface area contributed by atoms with E-state index >= 15 is 0 Å². The van der Waals surface area contributed by atoms with Crippen LogP contribution in [0.5, 0.6) is 0 Å². The van der Waals surface area contributed by atoms with E-state index in [1.807, 2.05) is 12.3 Å². The van der Waals surface area contributed by atoms with Crippen molar-refractivity contribution in [1.29, 1.82) is 0 Å². The Morgan fingerprint density at radius 1 is 1.57 bits per heavy atom. The highest BCUT2D eigenvalue weighted by molar-refractivity contribution is 7.98. The van der Waals surface area contributed by atoms with Crippen molar-refractivity contribution in [2.24, 2.45) is 0 Å². The lowest BCUT2D eigenvalue weighted by Crippen LogP contribution is -1.71. The lowest BCUT2D eigenvalue weighted by Gasteiger charge is -1.80. The Kier molecular flexibility index (Phi) is 6.09. The molecule has 0 aromatic carbocycles. The molecule has 0 saturated heterocycles. The van der Waals surface area contributed by atoms with Crippen molar-refractivity contribution in [3.63, 3.8) is 0 Å². The molecule has 0 heterocycles. The van der Waals surface area contributed by atoms with Gasteiger partial charge in [0.25, 0.3) is 0 Å². The third kappa shape index (κ3) is 6.05. The van der Waals surface area contributed by atoms with Gasteiger partial charge in [0.15, 0.2) is 0 Å². The minimum Gasteiger partial charge on any atom is -0.392 e. The van der Waals surface area contributed by atoms with Crippen LogP contribution in [0.4, 0.5) is 0 Å². The first kappa shape index (κ1) is 7.05. The van der Waals surface area contributed by atoms with Crippen LogP contribution in [0.25, 0.3) is 0 Å². The Balaban J connectivity index is 2.78. The molecule has 0 aliphatic carbocycles. The summed E-state index contributed by atoms with van der Waals surface area (Å²) in [5, 5.41) is 8.20. The molecule has 0 fully saturated rings. The predicted molar refractivity (Wildman–Crippen MR) is 34.6 cm³/mol. The molecule has 0 aliphatic heterocycles. The normalized spacial score (nSPS) is 10.6. The molecule has 0 unspecified atom stereocenters. The van der Waals surface area contributed by atoms with Crippen LogP contribution in [0.15, 0.2) is 12.2 Å². The van der Waals surface area contributed by atoms with E-state index in [1.54, 1.807) is 17.8 Å². The van der Waals surface area contributed by atoms with Crippen molar-refractivity contribution < 1.29 is 5.11 Å². The lowest BCUT2D eigenvalue weighted by atomic mass is 10.6. The Hall–Kier alpha value is 0.0500. The minimum atomic E-state index is 0.167. The summed E-state index contributed by atoms with van der Waals surface area (Å²) in [5.74, 6) is 1.00. The fraction of sp³-hybridized carbons (Fsp3) is 0.600. The zero-order chi connectivity index (χ0) is 5.54. The molecule has 0 rings (SSSR count). The van der Waals surface area contributed by atoms with Crippen LogP contribution in [0.2, 0.25) is 0 Å². The van der Waals surface area contributed by atoms with E-state index in [9.17, 15) is 0 Å². The molecule has 0 aliphatic rings. The molecule has 1 N–H and O–H groups in total. The van der Waals surface area contributed by atoms with Crippen molar-refractivity contribution in [3.8, 4) is 0 Å². The third-order valence-corrected chi connectivity index (χ3v) is 1.06. The molecule has 1 nitrogen and oxygen atoms in total. The van der Waals surface area contributed by atoms with Gasteiger partial charge < -0.3 is 5.11 Å². The van der Waals surface area contributed by atoms with Crippen molar-refractivity contribution >= 4 is 11.8 Å². The predicted octanol–water partition coefficient (Wildman–Crippen LogP) is 0.898. The van der Waals surface area contributed by atoms with Crippen molar-refractivity contribution in [3.05, 3.63) is 12.2 Å². The van der Waals surface area contributed by atoms with Gasteiger partial charge >= 0.3 is 0 Å². The van der Waals surface area contributed by atoms with Crippen LogP contribution in [0, 0.1) is 0 Å². The standard InChI is InChI=1S/C5H10OS/c1-7-5-3-2-4-6/h2-3,6H,4-5H2,1H3. The van der Waals surface area contributed by atoms with Crippen LogP contribution in [0.1, 0.15) is 0 Å². The van der Waals surface area contributed by atoms with E-state index in [4.69, 9.17) is 5.11 Å². The molecule has 0 amide bonds. The van der Waals surface area contributed by atoms with E-state index in [-0.39, 0.29) is 6.61 Å². The summed E-state index contributed by atoms with van der Waals surface area (Å²) in [6.45, 7) is 0.167. The van der Waals surface area contributed by atoms with Gasteiger partial charge in [-0.25, -0.2) is 0 Å². The van der Waals surface area contributed by atoms with E-state index in [0.29, 0.717) is 0 Å². The largest absolute Gasteiger partial charge is 0.392 e. The zero-order valence-corrected chi connectivity index (χ0v) is 5.24. The van der Waals surface area contributed by atoms with Crippen LogP contribution in [-0.4, -0.2) is 23.7 Å². The van der Waals surface area contributed by atoms with Gasteiger partial charge in [0.1, 0.15) is 0 Å². The van der Waals surface area contributed by atoms with Crippen molar-refractivity contribution in [2.45, 2.75) is 0 Å². The number of aliphatic hydroxyl groups is 1. The Morgan fingerprint density at radius 3 is 2.71 bits per heavy atom. The first-order valence-corrected chi connectivity index (χ1v) is 3.56. The Bertz CT molecular complexity index is 52.0. The summed E-state index contributed by atoms with van der Waals surface area (Å²) < 4.78 is 0. The maximum absolute atomic E-state index is 8.20. The third-order valence-electron chi connectivity index (χ3n) is 0.535. The zero-order valence-electron chi connectivity index (χ0n) is 4.42. The molecular weight excluding hydrogens is 108 g/mol. The van der Waals surface area contributed by atoms with E-state index < -0.39 is 0 Å². The van der Waals surface area contributed by atoms with Gasteiger partial charge in [-0.15, -0.1) is 0 Å². The number of aliphatic hydroxyl groups excluding tert-OH is 1. The average Bonchev–Trinajstić information content (AvgIpc) is 1.69. The smallest absolute Gasteiger partial charge is 0.0612 e. The maximum Gasteiger partial charge on any atom is 0.0612 e. The van der Waals surface area contributed by atoms with Gasteiger partial charge in [-0.2, -0.15) is 11.8 Å². The molecule has 0 bridgehead atoms. The van der Waals surface area contributed by atoms with E-state index in [0.717, 1.165) is 5.75 Å². The summed E-state index contributed by atoms with van der Waals surface area (Å²) >= 11 is 1.74. The molecular formula is C5H10OS. The molecule has 0 spiro atoms. The first-order chi connectivity index (χ1) is 3.41. The molecule has 42 valence electrons. The quantitative estimate of drug-likeness (QED) is 0.555. The lowest BCUT2D eigenvalue weighted by molar-refractivity contribution is 0.342. The number of hydrogen-bond acceptors (Lipinski definition) is 2. The SMILES string of the molecule is CSCC=CCO. The van der Waals surface area contributed by atoms with Gasteiger partial charge in [-0.3, -0.25) is 0 Å². The molecule has 2 heteroatoms. The monoisotopic (exact) mass is 118 g/mol. The minimum absolute atomic E-state index is 0.167. The highest BCUT2D eigenvalue weighted by Crippen LogP contribution is 1.89. The fourth-order valence-electron chi connectivity index (χ4n) is 0.239. The van der Waals surface area contributed by atoms with Crippen LogP contribution < -0.4 is 0 Å². The van der Waals surface area contributed by atoms with Crippen LogP contribution >= 0.6 is 11.8 Å². The molecule has 0 aromatic rings. The summed E-state index contributed by atoms with van der Waals surface area (Å²) in [5.41, 5.74) is 0. The van der Waals surface area contributed by atoms with Crippen molar-refractivity contribution in [2.75, 3.05) is 18.6 Å². The Morgan fingerprint density at radius 2 is 2.29 bits per heavy atom. The van der Waals surface area contributed by atoms with Crippen LogP contribution in [-0.2, 0) is 0 Å². The summed E-state index contributed by atoms with van der Waals surface area (Å²) in [6, 6.07) is 0. The molecule has 7 heavy (non-hydrogen) atoms. The fourth-order valence-corrected chi connectivity index (χ4v) is 0.567. The number of thioether (sulfide) groups is 1. The molecule has 0 saturated carbocycles. The van der Waals surface area contributed by atoms with Crippen LogP contribution in [0.3, 0.4) is 0 Å². The Labute approximate surface area is 48.4 Å². The summed E-state index contributed by atoms with van der Waals surface area (Å²) in [6.07, 6.45) is 5.73. The average molecular weight is 118 g/mol. The van der Waals surface area contributed by atoms with E-state index in [2.05, 4.69) is 0 Å². The highest BCUT2D eigenvalue weighted by atomic mass is 32.2. The number of hydrogen-bond donors (Lipinski definition) is 1. The van der Waals surface area contributed by atoms with Gasteiger partial charge in [-0.05, 0) is 6.26 Å². The maximum atomic E-state index is 8.20. The summed E-state index contributed by atoms with van der Waals surface area (Å²) in [4.78, 5) is 0. The first-order valence-electron chi connectivity index (χ1n) is 2.16. The van der Waals surface area contributed by atoms with Gasteiger partial charge in [-0.1, -0.05) is 12.2 Å². The topological polar surface area (TPSA) is 20.2 Å². The van der Waals surface area contributed by atoms with Gasteiger partial charge in [0, 0.05) is 5.75 Å². The van der Waals surface area contributed by atoms with E-state index in [1.165, 1.54) is 0 Å².